The quantitative estimate of drug-likeness (QED) is 0.851. The van der Waals surface area contributed by atoms with Gasteiger partial charge in [0, 0.05) is 31.7 Å². The number of hydrogen-bond acceptors (Lipinski definition) is 5. The molecule has 0 bridgehead atoms. The van der Waals surface area contributed by atoms with Gasteiger partial charge in [-0.3, -0.25) is 10.2 Å². The summed E-state index contributed by atoms with van der Waals surface area (Å²) < 4.78 is 4.93. The molecule has 2 rings (SSSR count). The third-order valence-corrected chi connectivity index (χ3v) is 3.44. The molecule has 0 unspecified atom stereocenters. The number of carbonyl (C=O) groups excluding carboxylic acids is 2. The highest BCUT2D eigenvalue weighted by molar-refractivity contribution is 5.97. The highest BCUT2D eigenvalue weighted by Gasteiger charge is 2.23. The zero-order valence-electron chi connectivity index (χ0n) is 12.8. The smallest absolute Gasteiger partial charge is 0.409 e. The highest BCUT2D eigenvalue weighted by Crippen LogP contribution is 2.07. The molecule has 0 atom stereocenters. The molecule has 0 aromatic heterocycles. The van der Waals surface area contributed by atoms with Crippen molar-refractivity contribution in [2.75, 3.05) is 32.8 Å². The molecule has 1 saturated heterocycles. The van der Waals surface area contributed by atoms with Crippen molar-refractivity contribution in [2.45, 2.75) is 6.92 Å². The minimum Gasteiger partial charge on any atom is -0.478 e. The summed E-state index contributed by atoms with van der Waals surface area (Å²) in [5.41, 5.74) is 3.05. The normalized spacial score (nSPS) is 15.1. The van der Waals surface area contributed by atoms with E-state index in [1.165, 1.54) is 18.2 Å². The van der Waals surface area contributed by atoms with Gasteiger partial charge in [0.1, 0.15) is 0 Å². The van der Waals surface area contributed by atoms with Gasteiger partial charge < -0.3 is 14.7 Å². The lowest BCUT2D eigenvalue weighted by molar-refractivity contribution is 0.0537. The molecule has 1 aromatic rings. The van der Waals surface area contributed by atoms with Gasteiger partial charge in [-0.2, -0.15) is 0 Å². The zero-order chi connectivity index (χ0) is 16.8. The molecule has 1 aliphatic heterocycles. The van der Waals surface area contributed by atoms with E-state index in [9.17, 15) is 14.4 Å². The van der Waals surface area contributed by atoms with Gasteiger partial charge in [-0.1, -0.05) is 6.07 Å². The minimum atomic E-state index is -1.08. The fourth-order valence-electron chi connectivity index (χ4n) is 2.22. The van der Waals surface area contributed by atoms with Crippen LogP contribution in [-0.2, 0) is 4.74 Å². The number of carbonyl (C=O) groups is 3. The largest absolute Gasteiger partial charge is 0.478 e. The molecule has 1 fully saturated rings. The lowest BCUT2D eigenvalue weighted by Gasteiger charge is -2.33. The van der Waals surface area contributed by atoms with Gasteiger partial charge in [0.25, 0.3) is 5.91 Å². The Morgan fingerprint density at radius 2 is 1.83 bits per heavy atom. The first-order chi connectivity index (χ1) is 11.0. The number of rotatable bonds is 4. The summed E-state index contributed by atoms with van der Waals surface area (Å²) in [6.45, 7) is 3.93. The van der Waals surface area contributed by atoms with Crippen LogP contribution in [0.5, 0.6) is 0 Å². The van der Waals surface area contributed by atoms with Gasteiger partial charge in [-0.25, -0.2) is 14.6 Å². The summed E-state index contributed by atoms with van der Waals surface area (Å²) in [7, 11) is 0. The fourth-order valence-corrected chi connectivity index (χ4v) is 2.22. The van der Waals surface area contributed by atoms with Gasteiger partial charge >= 0.3 is 12.1 Å². The first-order valence-corrected chi connectivity index (χ1v) is 7.32. The second-order valence-corrected chi connectivity index (χ2v) is 5.00. The van der Waals surface area contributed by atoms with E-state index in [-0.39, 0.29) is 23.1 Å². The Morgan fingerprint density at radius 1 is 1.17 bits per heavy atom. The SMILES string of the molecule is CCOC(=O)N1CCN(NC(=O)c2cccc(C(=O)O)c2)CC1. The lowest BCUT2D eigenvalue weighted by Crippen LogP contribution is -2.54. The summed E-state index contributed by atoms with van der Waals surface area (Å²) in [6, 6.07) is 5.83. The monoisotopic (exact) mass is 321 g/mol. The van der Waals surface area contributed by atoms with Crippen LogP contribution in [0.4, 0.5) is 4.79 Å². The lowest BCUT2D eigenvalue weighted by atomic mass is 10.1. The number of hydrazine groups is 1. The first kappa shape index (κ1) is 16.8. The Hall–Kier alpha value is -2.61. The fraction of sp³-hybridized carbons (Fsp3) is 0.400. The number of amides is 2. The van der Waals surface area contributed by atoms with Crippen molar-refractivity contribution in [3.8, 4) is 0 Å². The standard InChI is InChI=1S/C15H19N3O5/c1-2-23-15(22)17-6-8-18(9-7-17)16-13(19)11-4-3-5-12(10-11)14(20)21/h3-5,10H,2,6-9H2,1H3,(H,16,19)(H,20,21). The van der Waals surface area contributed by atoms with Gasteiger partial charge in [-0.15, -0.1) is 0 Å². The van der Waals surface area contributed by atoms with Crippen molar-refractivity contribution in [3.63, 3.8) is 0 Å². The Bertz CT molecular complexity index is 597. The third kappa shape index (κ3) is 4.43. The molecule has 8 heteroatoms. The number of piperazine rings is 1. The van der Waals surface area contributed by atoms with Gasteiger partial charge in [-0.05, 0) is 25.1 Å². The first-order valence-electron chi connectivity index (χ1n) is 7.32. The molecular formula is C15H19N3O5. The van der Waals surface area contributed by atoms with Crippen molar-refractivity contribution in [2.24, 2.45) is 0 Å². The van der Waals surface area contributed by atoms with Gasteiger partial charge in [0.2, 0.25) is 0 Å². The molecule has 0 radical (unpaired) electrons. The zero-order valence-corrected chi connectivity index (χ0v) is 12.8. The van der Waals surface area contributed by atoms with E-state index in [1.54, 1.807) is 22.9 Å². The van der Waals surface area contributed by atoms with E-state index >= 15 is 0 Å². The Morgan fingerprint density at radius 3 is 2.43 bits per heavy atom. The Balaban J connectivity index is 1.89. The van der Waals surface area contributed by atoms with E-state index in [0.29, 0.717) is 32.8 Å². The van der Waals surface area contributed by atoms with E-state index in [0.717, 1.165) is 0 Å². The van der Waals surface area contributed by atoms with Crippen LogP contribution in [0.3, 0.4) is 0 Å². The molecule has 124 valence electrons. The number of hydrogen-bond donors (Lipinski definition) is 2. The second-order valence-electron chi connectivity index (χ2n) is 5.00. The van der Waals surface area contributed by atoms with Crippen LogP contribution in [0, 0.1) is 0 Å². The van der Waals surface area contributed by atoms with Crippen LogP contribution < -0.4 is 5.43 Å². The number of aromatic carboxylic acids is 1. The highest BCUT2D eigenvalue weighted by atomic mass is 16.6. The van der Waals surface area contributed by atoms with Crippen LogP contribution >= 0.6 is 0 Å². The number of benzene rings is 1. The number of nitrogens with zero attached hydrogens (tertiary/aromatic N) is 2. The van der Waals surface area contributed by atoms with Crippen molar-refractivity contribution in [1.82, 2.24) is 15.3 Å². The molecule has 0 saturated carbocycles. The molecule has 1 heterocycles. The van der Waals surface area contributed by atoms with Gasteiger partial charge in [0.15, 0.2) is 0 Å². The van der Waals surface area contributed by atoms with E-state index in [4.69, 9.17) is 9.84 Å². The molecule has 1 aromatic carbocycles. The molecule has 2 amide bonds. The topological polar surface area (TPSA) is 99.2 Å². The summed E-state index contributed by atoms with van der Waals surface area (Å²) >= 11 is 0. The summed E-state index contributed by atoms with van der Waals surface area (Å²) in [4.78, 5) is 36.3. The second kappa shape index (κ2) is 7.59. The Kier molecular flexibility index (Phi) is 5.53. The van der Waals surface area contributed by atoms with Crippen LogP contribution in [0.25, 0.3) is 0 Å². The number of carboxylic acid groups (broad SMARTS) is 1. The van der Waals surface area contributed by atoms with Crippen molar-refractivity contribution in [1.29, 1.82) is 0 Å². The number of ether oxygens (including phenoxy) is 1. The van der Waals surface area contributed by atoms with Crippen LogP contribution in [0.15, 0.2) is 24.3 Å². The molecule has 2 N–H and O–H groups in total. The van der Waals surface area contributed by atoms with Crippen LogP contribution in [0.1, 0.15) is 27.6 Å². The molecule has 1 aliphatic rings. The van der Waals surface area contributed by atoms with Crippen molar-refractivity contribution in [3.05, 3.63) is 35.4 Å². The van der Waals surface area contributed by atoms with E-state index in [1.807, 2.05) is 0 Å². The van der Waals surface area contributed by atoms with E-state index in [2.05, 4.69) is 5.43 Å². The van der Waals surface area contributed by atoms with Crippen molar-refractivity contribution >= 4 is 18.0 Å². The summed E-state index contributed by atoms with van der Waals surface area (Å²) in [6.07, 6.45) is -0.354. The van der Waals surface area contributed by atoms with Gasteiger partial charge in [0.05, 0.1) is 12.2 Å². The average molecular weight is 321 g/mol. The number of carboxylic acids is 1. The Labute approximate surface area is 133 Å². The maximum absolute atomic E-state index is 12.2. The molecule has 8 nitrogen and oxygen atoms in total. The van der Waals surface area contributed by atoms with Crippen molar-refractivity contribution < 1.29 is 24.2 Å². The maximum atomic E-state index is 12.2. The maximum Gasteiger partial charge on any atom is 0.409 e. The molecule has 23 heavy (non-hydrogen) atoms. The van der Waals surface area contributed by atoms with Crippen LogP contribution in [0.2, 0.25) is 0 Å². The average Bonchev–Trinajstić information content (AvgIpc) is 2.55. The number of nitrogens with one attached hydrogen (secondary N) is 1. The summed E-state index contributed by atoms with van der Waals surface area (Å²) in [5.74, 6) is -1.46. The molecular weight excluding hydrogens is 302 g/mol. The predicted octanol–water partition coefficient (Wildman–Crippen LogP) is 0.804. The predicted molar refractivity (Wildman–Crippen MR) is 81.0 cm³/mol. The minimum absolute atomic E-state index is 0.0600. The van der Waals surface area contributed by atoms with E-state index < -0.39 is 5.97 Å². The summed E-state index contributed by atoms with van der Waals surface area (Å²) in [5, 5.41) is 10.6. The molecule has 0 aliphatic carbocycles. The molecule has 0 spiro atoms. The third-order valence-electron chi connectivity index (χ3n) is 3.44. The van der Waals surface area contributed by atoms with Crippen LogP contribution in [-0.4, -0.2) is 65.8 Å².